The van der Waals surface area contributed by atoms with Crippen LogP contribution in [0.2, 0.25) is 0 Å². The number of rotatable bonds is 6. The maximum atomic E-state index is 12.8. The molecule has 24 heavy (non-hydrogen) atoms. The van der Waals surface area contributed by atoms with E-state index in [2.05, 4.69) is 10.1 Å². The van der Waals surface area contributed by atoms with Crippen LogP contribution in [0.15, 0.2) is 28.8 Å². The molecular weight excluding hydrogens is 313 g/mol. The zero-order valence-electron chi connectivity index (χ0n) is 13.6. The molecule has 0 N–H and O–H groups in total. The van der Waals surface area contributed by atoms with Crippen LogP contribution in [-0.2, 0) is 17.8 Å². The van der Waals surface area contributed by atoms with Crippen LogP contribution in [0, 0.1) is 5.82 Å². The summed E-state index contributed by atoms with van der Waals surface area (Å²) in [6.07, 6.45) is 3.14. The van der Waals surface area contributed by atoms with Gasteiger partial charge in [-0.15, -0.1) is 0 Å². The molecule has 0 radical (unpaired) electrons. The predicted molar refractivity (Wildman–Crippen MR) is 83.8 cm³/mol. The minimum atomic E-state index is -0.314. The summed E-state index contributed by atoms with van der Waals surface area (Å²) in [5.74, 6) is 1.32. The topological polar surface area (TPSA) is 68.5 Å². The van der Waals surface area contributed by atoms with Crippen molar-refractivity contribution in [2.45, 2.75) is 45.3 Å². The fraction of sp³-hybridized carbons (Fsp3) is 0.471. The second-order valence-electron chi connectivity index (χ2n) is 5.94. The molecule has 3 rings (SSSR count). The Labute approximate surface area is 139 Å². The number of amides is 1. The smallest absolute Gasteiger partial charge is 0.228 e. The molecular formula is C17H20FN3O3. The van der Waals surface area contributed by atoms with Gasteiger partial charge in [-0.1, -0.05) is 5.16 Å². The van der Waals surface area contributed by atoms with Gasteiger partial charge in [-0.25, -0.2) is 4.39 Å². The van der Waals surface area contributed by atoms with E-state index in [0.717, 1.165) is 19.4 Å². The zero-order valence-corrected chi connectivity index (χ0v) is 13.6. The number of nitrogens with zero attached hydrogens (tertiary/aromatic N) is 3. The molecule has 7 heteroatoms. The van der Waals surface area contributed by atoms with Crippen molar-refractivity contribution in [3.8, 4) is 5.75 Å². The summed E-state index contributed by atoms with van der Waals surface area (Å²) in [5, 5.41) is 3.88. The first-order chi connectivity index (χ1) is 11.6. The average molecular weight is 333 g/mol. The van der Waals surface area contributed by atoms with Crippen LogP contribution < -0.4 is 4.74 Å². The minimum absolute atomic E-state index is 0.0316. The fourth-order valence-electron chi connectivity index (χ4n) is 2.77. The molecule has 0 spiro atoms. The molecule has 2 heterocycles. The van der Waals surface area contributed by atoms with E-state index < -0.39 is 0 Å². The third-order valence-corrected chi connectivity index (χ3v) is 4.05. The number of halogens is 1. The molecule has 2 aromatic rings. The third-order valence-electron chi connectivity index (χ3n) is 4.05. The molecule has 1 unspecified atom stereocenters. The number of hydrogen-bond donors (Lipinski definition) is 0. The number of ether oxygens (including phenoxy) is 1. The van der Waals surface area contributed by atoms with E-state index in [-0.39, 0.29) is 24.4 Å². The number of piperidine rings is 1. The van der Waals surface area contributed by atoms with Crippen molar-refractivity contribution in [3.63, 3.8) is 0 Å². The van der Waals surface area contributed by atoms with E-state index >= 15 is 0 Å². The lowest BCUT2D eigenvalue weighted by molar-refractivity contribution is -0.135. The zero-order chi connectivity index (χ0) is 16.9. The molecule has 0 bridgehead atoms. The van der Waals surface area contributed by atoms with Crippen molar-refractivity contribution >= 4 is 5.91 Å². The van der Waals surface area contributed by atoms with Gasteiger partial charge in [0.1, 0.15) is 11.6 Å². The SMILES string of the molecule is CC(Cc1nc(COc2ccc(F)cc2)no1)N1CCCCC1=O. The second-order valence-corrected chi connectivity index (χ2v) is 5.94. The van der Waals surface area contributed by atoms with Gasteiger partial charge in [0.15, 0.2) is 6.61 Å². The van der Waals surface area contributed by atoms with Crippen molar-refractivity contribution in [3.05, 3.63) is 41.8 Å². The molecule has 0 saturated carbocycles. The number of benzene rings is 1. The van der Waals surface area contributed by atoms with Gasteiger partial charge in [0.05, 0.1) is 0 Å². The number of likely N-dealkylation sites (tertiary alicyclic amines) is 1. The van der Waals surface area contributed by atoms with Gasteiger partial charge >= 0.3 is 0 Å². The summed E-state index contributed by atoms with van der Waals surface area (Å²) >= 11 is 0. The van der Waals surface area contributed by atoms with Crippen LogP contribution in [0.5, 0.6) is 5.75 Å². The Morgan fingerprint density at radius 3 is 2.88 bits per heavy atom. The molecule has 1 fully saturated rings. The average Bonchev–Trinajstić information content (AvgIpc) is 3.02. The van der Waals surface area contributed by atoms with Gasteiger partial charge < -0.3 is 14.2 Å². The van der Waals surface area contributed by atoms with Gasteiger partial charge in [0.25, 0.3) is 0 Å². The Morgan fingerprint density at radius 2 is 2.12 bits per heavy atom. The normalized spacial score (nSPS) is 16.2. The number of hydrogen-bond acceptors (Lipinski definition) is 5. The van der Waals surface area contributed by atoms with Crippen LogP contribution in [0.4, 0.5) is 4.39 Å². The molecule has 6 nitrogen and oxygen atoms in total. The molecule has 1 aromatic carbocycles. The van der Waals surface area contributed by atoms with Crippen molar-refractivity contribution in [1.82, 2.24) is 15.0 Å². The van der Waals surface area contributed by atoms with Crippen LogP contribution in [0.3, 0.4) is 0 Å². The van der Waals surface area contributed by atoms with Crippen LogP contribution >= 0.6 is 0 Å². The van der Waals surface area contributed by atoms with Crippen molar-refractivity contribution < 1.29 is 18.4 Å². The molecule has 0 aliphatic carbocycles. The first-order valence-corrected chi connectivity index (χ1v) is 8.11. The first kappa shape index (κ1) is 16.4. The van der Waals surface area contributed by atoms with Gasteiger partial charge in [0.2, 0.25) is 17.6 Å². The Kier molecular flexibility index (Phi) is 5.08. The highest BCUT2D eigenvalue weighted by Crippen LogP contribution is 2.17. The molecule has 1 amide bonds. The largest absolute Gasteiger partial charge is 0.485 e. The maximum Gasteiger partial charge on any atom is 0.228 e. The highest BCUT2D eigenvalue weighted by molar-refractivity contribution is 5.77. The Morgan fingerprint density at radius 1 is 1.33 bits per heavy atom. The highest BCUT2D eigenvalue weighted by Gasteiger charge is 2.24. The van der Waals surface area contributed by atoms with Crippen LogP contribution in [-0.4, -0.2) is 33.5 Å². The summed E-state index contributed by atoms with van der Waals surface area (Å²) in [5.41, 5.74) is 0. The molecule has 1 saturated heterocycles. The van der Waals surface area contributed by atoms with Crippen molar-refractivity contribution in [1.29, 1.82) is 0 Å². The second kappa shape index (κ2) is 7.42. The lowest BCUT2D eigenvalue weighted by Crippen LogP contribution is -2.42. The standard InChI is InChI=1S/C17H20FN3O3/c1-12(21-9-3-2-4-17(21)22)10-16-19-15(20-24-16)11-23-14-7-5-13(18)6-8-14/h5-8,12H,2-4,9-11H2,1H3. The van der Waals surface area contributed by atoms with Gasteiger partial charge in [0, 0.05) is 25.4 Å². The lowest BCUT2D eigenvalue weighted by atomic mass is 10.1. The molecule has 1 aliphatic heterocycles. The monoisotopic (exact) mass is 333 g/mol. The van der Waals surface area contributed by atoms with E-state index in [9.17, 15) is 9.18 Å². The Hall–Kier alpha value is -2.44. The Bertz CT molecular complexity index is 687. The number of carbonyl (C=O) groups excluding carboxylic acids is 1. The third kappa shape index (κ3) is 4.10. The molecule has 1 atom stereocenters. The molecule has 1 aliphatic rings. The maximum absolute atomic E-state index is 12.8. The summed E-state index contributed by atoms with van der Waals surface area (Å²) in [6, 6.07) is 5.77. The van der Waals surface area contributed by atoms with E-state index in [1.165, 1.54) is 12.1 Å². The van der Waals surface area contributed by atoms with Crippen LogP contribution in [0.1, 0.15) is 37.9 Å². The summed E-state index contributed by atoms with van der Waals surface area (Å²) in [7, 11) is 0. The van der Waals surface area contributed by atoms with Crippen molar-refractivity contribution in [2.75, 3.05) is 6.54 Å². The van der Waals surface area contributed by atoms with Crippen LogP contribution in [0.25, 0.3) is 0 Å². The predicted octanol–water partition coefficient (Wildman–Crippen LogP) is 2.73. The lowest BCUT2D eigenvalue weighted by Gasteiger charge is -2.31. The molecule has 128 valence electrons. The summed E-state index contributed by atoms with van der Waals surface area (Å²) in [6.45, 7) is 2.92. The summed E-state index contributed by atoms with van der Waals surface area (Å²) in [4.78, 5) is 18.1. The van der Waals surface area contributed by atoms with Crippen molar-refractivity contribution in [2.24, 2.45) is 0 Å². The number of carbonyl (C=O) groups is 1. The molecule has 1 aromatic heterocycles. The van der Waals surface area contributed by atoms with Gasteiger partial charge in [-0.3, -0.25) is 4.79 Å². The van der Waals surface area contributed by atoms with Gasteiger partial charge in [-0.05, 0) is 44.0 Å². The van der Waals surface area contributed by atoms with E-state index in [0.29, 0.717) is 30.3 Å². The highest BCUT2D eigenvalue weighted by atomic mass is 19.1. The van der Waals surface area contributed by atoms with E-state index in [1.54, 1.807) is 12.1 Å². The van der Waals surface area contributed by atoms with E-state index in [1.807, 2.05) is 11.8 Å². The fourth-order valence-corrected chi connectivity index (χ4v) is 2.77. The first-order valence-electron chi connectivity index (χ1n) is 8.11. The quantitative estimate of drug-likeness (QED) is 0.813. The summed E-state index contributed by atoms with van der Waals surface area (Å²) < 4.78 is 23.5. The van der Waals surface area contributed by atoms with E-state index in [4.69, 9.17) is 9.26 Å². The van der Waals surface area contributed by atoms with Gasteiger partial charge in [-0.2, -0.15) is 4.98 Å². The minimum Gasteiger partial charge on any atom is -0.485 e. The Balaban J connectivity index is 1.53. The number of aromatic nitrogens is 2.